The monoisotopic (exact) mass is 456 g/mol. The highest BCUT2D eigenvalue weighted by Crippen LogP contribution is 2.28. The molecule has 0 aromatic heterocycles. The second-order valence-electron chi connectivity index (χ2n) is 7.54. The lowest BCUT2D eigenvalue weighted by Crippen LogP contribution is -2.29. The summed E-state index contributed by atoms with van der Waals surface area (Å²) in [5, 5.41) is 8.65. The highest BCUT2D eigenvalue weighted by atomic mass is 32.2. The first-order valence-corrected chi connectivity index (χ1v) is 12.3. The minimum absolute atomic E-state index is 0.139. The van der Waals surface area contributed by atoms with Crippen LogP contribution in [0.5, 0.6) is 0 Å². The third-order valence-electron chi connectivity index (χ3n) is 5.25. The molecule has 3 N–H and O–H groups in total. The Bertz CT molecular complexity index is 899. The summed E-state index contributed by atoms with van der Waals surface area (Å²) in [6.07, 6.45) is 5.00. The number of carbonyl (C=O) groups excluding carboxylic acids is 2. The van der Waals surface area contributed by atoms with Crippen LogP contribution in [0.25, 0.3) is 0 Å². The van der Waals surface area contributed by atoms with E-state index in [0.29, 0.717) is 36.7 Å². The molecular formula is C24H32N4O3S. The van der Waals surface area contributed by atoms with Crippen molar-refractivity contribution in [3.63, 3.8) is 0 Å². The summed E-state index contributed by atoms with van der Waals surface area (Å²) in [7, 11) is 0. The third kappa shape index (κ3) is 6.90. The first kappa shape index (κ1) is 23.9. The van der Waals surface area contributed by atoms with Gasteiger partial charge < -0.3 is 25.6 Å². The zero-order chi connectivity index (χ0) is 22.8. The Labute approximate surface area is 194 Å². The number of nitrogens with one attached hydrogen (secondary N) is 3. The molecule has 0 saturated carbocycles. The smallest absolute Gasteiger partial charge is 0.323 e. The summed E-state index contributed by atoms with van der Waals surface area (Å²) in [5.41, 5.74) is 2.76. The van der Waals surface area contributed by atoms with E-state index in [2.05, 4.69) is 20.9 Å². The van der Waals surface area contributed by atoms with Gasteiger partial charge in [0.15, 0.2) is 0 Å². The van der Waals surface area contributed by atoms with Crippen LogP contribution in [0.4, 0.5) is 21.9 Å². The van der Waals surface area contributed by atoms with Crippen LogP contribution in [-0.2, 0) is 4.74 Å². The molecule has 2 aromatic carbocycles. The second-order valence-corrected chi connectivity index (χ2v) is 8.42. The normalized spacial score (nSPS) is 13.1. The average Bonchev–Trinajstić information content (AvgIpc) is 3.34. The Balaban J connectivity index is 1.68. The predicted molar refractivity (Wildman–Crippen MR) is 132 cm³/mol. The third-order valence-corrected chi connectivity index (χ3v) is 5.99. The van der Waals surface area contributed by atoms with Crippen molar-refractivity contribution < 1.29 is 14.3 Å². The van der Waals surface area contributed by atoms with Crippen molar-refractivity contribution in [3.8, 4) is 0 Å². The molecule has 1 aliphatic heterocycles. The van der Waals surface area contributed by atoms with Crippen LogP contribution < -0.4 is 20.9 Å². The van der Waals surface area contributed by atoms with Crippen LogP contribution in [-0.4, -0.2) is 51.0 Å². The minimum Gasteiger partial charge on any atom is -0.382 e. The number of rotatable bonds is 10. The fraction of sp³-hybridized carbons (Fsp3) is 0.417. The molecule has 1 heterocycles. The molecule has 32 heavy (non-hydrogen) atoms. The van der Waals surface area contributed by atoms with E-state index >= 15 is 0 Å². The lowest BCUT2D eigenvalue weighted by molar-refractivity contribution is 0.0944. The maximum Gasteiger partial charge on any atom is 0.323 e. The number of carbonyl (C=O) groups is 2. The molecule has 0 unspecified atom stereocenters. The van der Waals surface area contributed by atoms with Crippen molar-refractivity contribution >= 4 is 40.8 Å². The van der Waals surface area contributed by atoms with Crippen LogP contribution >= 0.6 is 11.8 Å². The second kappa shape index (κ2) is 12.4. The van der Waals surface area contributed by atoms with E-state index in [1.807, 2.05) is 49.6 Å². The molecule has 0 radical (unpaired) electrons. The molecule has 0 aliphatic carbocycles. The summed E-state index contributed by atoms with van der Waals surface area (Å²) >= 11 is 1.65. The van der Waals surface area contributed by atoms with Crippen LogP contribution in [0.3, 0.4) is 0 Å². The number of amides is 3. The van der Waals surface area contributed by atoms with E-state index in [0.717, 1.165) is 42.9 Å². The number of ether oxygens (including phenoxy) is 1. The highest BCUT2D eigenvalue weighted by molar-refractivity contribution is 7.98. The Morgan fingerprint density at radius 1 is 1.03 bits per heavy atom. The van der Waals surface area contributed by atoms with Crippen LogP contribution in [0.15, 0.2) is 47.4 Å². The summed E-state index contributed by atoms with van der Waals surface area (Å²) < 4.78 is 5.34. The van der Waals surface area contributed by atoms with Crippen LogP contribution in [0, 0.1) is 0 Å². The molecule has 3 amide bonds. The van der Waals surface area contributed by atoms with Crippen molar-refractivity contribution in [2.75, 3.05) is 54.6 Å². The highest BCUT2D eigenvalue weighted by Gasteiger charge is 2.20. The van der Waals surface area contributed by atoms with Crippen LogP contribution in [0.2, 0.25) is 0 Å². The summed E-state index contributed by atoms with van der Waals surface area (Å²) in [4.78, 5) is 28.8. The SMILES string of the molecule is CCOCCCNC(=O)c1cc(NC(=O)Nc2ccc(SC)cc2)ccc1N1CCCC1. The van der Waals surface area contributed by atoms with Gasteiger partial charge in [0, 0.05) is 54.8 Å². The van der Waals surface area contributed by atoms with Gasteiger partial charge in [-0.1, -0.05) is 0 Å². The predicted octanol–water partition coefficient (Wildman–Crippen LogP) is 4.81. The van der Waals surface area contributed by atoms with Gasteiger partial charge in [0.05, 0.1) is 5.56 Å². The number of benzene rings is 2. The number of thioether (sulfide) groups is 1. The first-order valence-electron chi connectivity index (χ1n) is 11.1. The van der Waals surface area contributed by atoms with Crippen molar-refractivity contribution in [3.05, 3.63) is 48.0 Å². The van der Waals surface area contributed by atoms with Gasteiger partial charge in [-0.3, -0.25) is 4.79 Å². The maximum atomic E-state index is 12.9. The molecule has 2 aromatic rings. The van der Waals surface area contributed by atoms with Crippen molar-refractivity contribution in [2.45, 2.75) is 31.1 Å². The van der Waals surface area contributed by atoms with Crippen molar-refractivity contribution in [2.24, 2.45) is 0 Å². The lowest BCUT2D eigenvalue weighted by atomic mass is 10.1. The molecule has 0 spiro atoms. The zero-order valence-electron chi connectivity index (χ0n) is 18.8. The molecule has 3 rings (SSSR count). The van der Waals surface area contributed by atoms with E-state index in [1.54, 1.807) is 17.8 Å². The number of hydrogen-bond acceptors (Lipinski definition) is 5. The van der Waals surface area contributed by atoms with Gasteiger partial charge in [-0.05, 0) is 74.9 Å². The molecule has 1 saturated heterocycles. The Hall–Kier alpha value is -2.71. The number of hydrogen-bond donors (Lipinski definition) is 3. The molecule has 0 atom stereocenters. The topological polar surface area (TPSA) is 82.7 Å². The van der Waals surface area contributed by atoms with Gasteiger partial charge >= 0.3 is 6.03 Å². The standard InChI is InChI=1S/C24H32N4O3S/c1-3-31-16-6-13-25-23(29)21-17-19(9-12-22(21)28-14-4-5-15-28)27-24(30)26-18-7-10-20(32-2)11-8-18/h7-12,17H,3-6,13-16H2,1-2H3,(H,25,29)(H2,26,27,30). The van der Waals surface area contributed by atoms with E-state index < -0.39 is 0 Å². The van der Waals surface area contributed by atoms with Gasteiger partial charge in [0.1, 0.15) is 0 Å². The van der Waals surface area contributed by atoms with Gasteiger partial charge in [-0.15, -0.1) is 11.8 Å². The fourth-order valence-corrected chi connectivity index (χ4v) is 4.02. The summed E-state index contributed by atoms with van der Waals surface area (Å²) in [6, 6.07) is 12.8. The molecule has 0 bridgehead atoms. The number of anilines is 3. The average molecular weight is 457 g/mol. The Morgan fingerprint density at radius 2 is 1.72 bits per heavy atom. The summed E-state index contributed by atoms with van der Waals surface area (Å²) in [6.45, 7) is 5.66. The van der Waals surface area contributed by atoms with Gasteiger partial charge in [-0.25, -0.2) is 4.79 Å². The lowest BCUT2D eigenvalue weighted by Gasteiger charge is -2.22. The molecule has 1 aliphatic rings. The van der Waals surface area contributed by atoms with E-state index in [1.165, 1.54) is 0 Å². The van der Waals surface area contributed by atoms with E-state index in [-0.39, 0.29) is 11.9 Å². The molecule has 172 valence electrons. The van der Waals surface area contributed by atoms with Crippen molar-refractivity contribution in [1.82, 2.24) is 5.32 Å². The van der Waals surface area contributed by atoms with Gasteiger partial charge in [0.2, 0.25) is 0 Å². The fourth-order valence-electron chi connectivity index (χ4n) is 3.61. The zero-order valence-corrected chi connectivity index (χ0v) is 19.6. The molecule has 8 heteroatoms. The Morgan fingerprint density at radius 3 is 2.41 bits per heavy atom. The number of urea groups is 1. The molecule has 1 fully saturated rings. The number of nitrogens with zero attached hydrogens (tertiary/aromatic N) is 1. The van der Waals surface area contributed by atoms with Gasteiger partial charge in [0.25, 0.3) is 5.91 Å². The minimum atomic E-state index is -0.348. The van der Waals surface area contributed by atoms with E-state index in [9.17, 15) is 9.59 Å². The van der Waals surface area contributed by atoms with Crippen molar-refractivity contribution in [1.29, 1.82) is 0 Å². The molecule has 7 nitrogen and oxygen atoms in total. The maximum absolute atomic E-state index is 12.9. The Kier molecular flexibility index (Phi) is 9.25. The largest absolute Gasteiger partial charge is 0.382 e. The molecular weight excluding hydrogens is 424 g/mol. The quantitative estimate of drug-likeness (QED) is 0.353. The van der Waals surface area contributed by atoms with Gasteiger partial charge in [-0.2, -0.15) is 0 Å². The first-order chi connectivity index (χ1) is 15.6. The summed E-state index contributed by atoms with van der Waals surface area (Å²) in [5.74, 6) is -0.139. The van der Waals surface area contributed by atoms with E-state index in [4.69, 9.17) is 4.74 Å². The van der Waals surface area contributed by atoms with Crippen LogP contribution in [0.1, 0.15) is 36.5 Å².